The van der Waals surface area contributed by atoms with Gasteiger partial charge in [-0.15, -0.1) is 0 Å². The van der Waals surface area contributed by atoms with Crippen LogP contribution in [0.4, 0.5) is 0 Å². The third-order valence-corrected chi connectivity index (χ3v) is 5.54. The molecule has 0 atom stereocenters. The molecule has 2 aromatic heterocycles. The molecule has 0 aliphatic carbocycles. The van der Waals surface area contributed by atoms with Gasteiger partial charge in [-0.05, 0) is 52.9 Å². The van der Waals surface area contributed by atoms with Gasteiger partial charge in [-0.1, -0.05) is 54.1 Å². The normalized spacial score (nSPS) is 10.7. The van der Waals surface area contributed by atoms with Gasteiger partial charge in [-0.2, -0.15) is 0 Å². The Morgan fingerprint density at radius 3 is 2.41 bits per heavy atom. The molecule has 4 aromatic rings. The van der Waals surface area contributed by atoms with Crippen LogP contribution in [0.25, 0.3) is 11.1 Å². The summed E-state index contributed by atoms with van der Waals surface area (Å²) < 4.78 is 6.00. The minimum atomic E-state index is 0.213. The van der Waals surface area contributed by atoms with Crippen molar-refractivity contribution in [2.75, 3.05) is 0 Å². The van der Waals surface area contributed by atoms with Crippen molar-refractivity contribution in [2.24, 2.45) is 0 Å². The van der Waals surface area contributed by atoms with Gasteiger partial charge in [0.25, 0.3) is 0 Å². The molecule has 0 amide bonds. The van der Waals surface area contributed by atoms with Crippen molar-refractivity contribution in [2.45, 2.75) is 25.9 Å². The van der Waals surface area contributed by atoms with E-state index in [0.717, 1.165) is 33.6 Å². The largest absolute Gasteiger partial charge is 0.489 e. The first kappa shape index (κ1) is 21.7. The van der Waals surface area contributed by atoms with Crippen LogP contribution < -0.4 is 4.74 Å². The molecule has 0 fully saturated rings. The van der Waals surface area contributed by atoms with Crippen molar-refractivity contribution in [3.05, 3.63) is 113 Å². The van der Waals surface area contributed by atoms with E-state index in [2.05, 4.69) is 9.97 Å². The van der Waals surface area contributed by atoms with E-state index >= 15 is 0 Å². The van der Waals surface area contributed by atoms with Gasteiger partial charge >= 0.3 is 0 Å². The van der Waals surface area contributed by atoms with E-state index < -0.39 is 0 Å². The van der Waals surface area contributed by atoms with E-state index in [4.69, 9.17) is 16.3 Å². The van der Waals surface area contributed by atoms with Crippen LogP contribution in [0.3, 0.4) is 0 Å². The zero-order valence-electron chi connectivity index (χ0n) is 17.6. The smallest absolute Gasteiger partial charge is 0.137 e. The van der Waals surface area contributed by atoms with Crippen molar-refractivity contribution in [3.8, 4) is 16.9 Å². The number of aryl methyl sites for hydroxylation is 1. The molecular weight excluding hydrogens is 420 g/mol. The van der Waals surface area contributed by atoms with Crippen LogP contribution in [0.5, 0.6) is 5.75 Å². The third-order valence-electron chi connectivity index (χ3n) is 5.21. The van der Waals surface area contributed by atoms with E-state index in [1.54, 1.807) is 30.9 Å². The predicted molar refractivity (Wildman–Crippen MR) is 127 cm³/mol. The highest BCUT2D eigenvalue weighted by molar-refractivity contribution is 6.33. The van der Waals surface area contributed by atoms with Crippen molar-refractivity contribution < 1.29 is 9.53 Å². The molecule has 0 aliphatic heterocycles. The SMILES string of the molecule is O=C(CCc1cccnc1)Cc1ccc(OCc2ccccc2-c2cnccc2Cl)cc1. The molecule has 0 spiro atoms. The number of hydrogen-bond donors (Lipinski definition) is 0. The van der Waals surface area contributed by atoms with Crippen LogP contribution >= 0.6 is 11.6 Å². The van der Waals surface area contributed by atoms with E-state index in [0.29, 0.717) is 30.9 Å². The van der Waals surface area contributed by atoms with Gasteiger partial charge in [0.15, 0.2) is 0 Å². The molecule has 0 aliphatic rings. The Balaban J connectivity index is 1.34. The average Bonchev–Trinajstić information content (AvgIpc) is 2.84. The topological polar surface area (TPSA) is 52.1 Å². The predicted octanol–water partition coefficient (Wildman–Crippen LogP) is 6.12. The fraction of sp³-hybridized carbons (Fsp3) is 0.148. The molecule has 0 bridgehead atoms. The lowest BCUT2D eigenvalue weighted by Crippen LogP contribution is -2.04. The Labute approximate surface area is 192 Å². The molecule has 5 heteroatoms. The molecule has 0 unspecified atom stereocenters. The van der Waals surface area contributed by atoms with E-state index in [-0.39, 0.29) is 5.78 Å². The average molecular weight is 443 g/mol. The quantitative estimate of drug-likeness (QED) is 0.313. The molecule has 160 valence electrons. The highest BCUT2D eigenvalue weighted by Gasteiger charge is 2.10. The second-order valence-electron chi connectivity index (χ2n) is 7.52. The first-order chi connectivity index (χ1) is 15.7. The van der Waals surface area contributed by atoms with Crippen LogP contribution in [0, 0.1) is 0 Å². The number of Topliss-reactive ketones (excluding diaryl/α,β-unsaturated/α-hetero) is 1. The maximum Gasteiger partial charge on any atom is 0.137 e. The first-order valence-electron chi connectivity index (χ1n) is 10.5. The fourth-order valence-electron chi connectivity index (χ4n) is 3.50. The molecular formula is C27H23ClN2O2. The number of halogens is 1. The van der Waals surface area contributed by atoms with Gasteiger partial charge in [-0.3, -0.25) is 14.8 Å². The van der Waals surface area contributed by atoms with Crippen molar-refractivity contribution in [3.63, 3.8) is 0 Å². The Morgan fingerprint density at radius 2 is 1.62 bits per heavy atom. The number of benzene rings is 2. The standard InChI is InChI=1S/C27H23ClN2O2/c28-27-13-15-30-18-26(27)25-6-2-1-5-22(25)19-32-24-11-8-20(9-12-24)16-23(31)10-7-21-4-3-14-29-17-21/h1-6,8-9,11-15,17-18H,7,10,16,19H2. The lowest BCUT2D eigenvalue weighted by molar-refractivity contribution is -0.118. The maximum absolute atomic E-state index is 12.3. The minimum Gasteiger partial charge on any atom is -0.489 e. The fourth-order valence-corrected chi connectivity index (χ4v) is 3.70. The molecule has 0 N–H and O–H groups in total. The summed E-state index contributed by atoms with van der Waals surface area (Å²) in [6.45, 7) is 0.408. The second-order valence-corrected chi connectivity index (χ2v) is 7.93. The second kappa shape index (κ2) is 10.7. The lowest BCUT2D eigenvalue weighted by atomic mass is 10.0. The van der Waals surface area contributed by atoms with Gasteiger partial charge in [0.05, 0.1) is 5.02 Å². The van der Waals surface area contributed by atoms with E-state index in [9.17, 15) is 4.79 Å². The summed E-state index contributed by atoms with van der Waals surface area (Å²) in [7, 11) is 0. The number of carbonyl (C=O) groups is 1. The monoisotopic (exact) mass is 442 g/mol. The number of hydrogen-bond acceptors (Lipinski definition) is 4. The molecule has 0 saturated carbocycles. The van der Waals surface area contributed by atoms with Gasteiger partial charge < -0.3 is 4.74 Å². The van der Waals surface area contributed by atoms with Gasteiger partial charge in [-0.25, -0.2) is 0 Å². The summed E-state index contributed by atoms with van der Waals surface area (Å²) in [5, 5.41) is 0.657. The molecule has 0 saturated heterocycles. The molecule has 4 rings (SSSR count). The van der Waals surface area contributed by atoms with Crippen molar-refractivity contribution >= 4 is 17.4 Å². The Bertz CT molecular complexity index is 1180. The summed E-state index contributed by atoms with van der Waals surface area (Å²) in [6.07, 6.45) is 8.63. The van der Waals surface area contributed by atoms with Crippen molar-refractivity contribution in [1.82, 2.24) is 9.97 Å². The van der Waals surface area contributed by atoms with E-state index in [1.807, 2.05) is 60.7 Å². The lowest BCUT2D eigenvalue weighted by Gasteiger charge is -2.12. The summed E-state index contributed by atoms with van der Waals surface area (Å²) in [4.78, 5) is 20.6. The van der Waals surface area contributed by atoms with Gasteiger partial charge in [0.2, 0.25) is 0 Å². The van der Waals surface area contributed by atoms with Crippen LogP contribution in [0.1, 0.15) is 23.1 Å². The molecule has 4 nitrogen and oxygen atoms in total. The Hall–Kier alpha value is -3.50. The molecule has 32 heavy (non-hydrogen) atoms. The van der Waals surface area contributed by atoms with Crippen molar-refractivity contribution in [1.29, 1.82) is 0 Å². The zero-order chi connectivity index (χ0) is 22.2. The highest BCUT2D eigenvalue weighted by atomic mass is 35.5. The summed E-state index contributed by atoms with van der Waals surface area (Å²) in [5.41, 5.74) is 4.97. The number of ether oxygens (including phenoxy) is 1. The maximum atomic E-state index is 12.3. The number of ketones is 1. The molecule has 2 heterocycles. The van der Waals surface area contributed by atoms with Crippen LogP contribution in [0.15, 0.2) is 91.5 Å². The Kier molecular flexibility index (Phi) is 7.26. The van der Waals surface area contributed by atoms with E-state index in [1.165, 1.54) is 0 Å². The molecule has 0 radical (unpaired) electrons. The number of carbonyl (C=O) groups excluding carboxylic acids is 1. The minimum absolute atomic E-state index is 0.213. The summed E-state index contributed by atoms with van der Waals surface area (Å²) in [6, 6.07) is 21.4. The third kappa shape index (κ3) is 5.80. The number of rotatable bonds is 9. The number of pyridine rings is 2. The van der Waals surface area contributed by atoms with Crippen LogP contribution in [-0.2, 0) is 24.2 Å². The van der Waals surface area contributed by atoms with Crippen LogP contribution in [0.2, 0.25) is 5.02 Å². The molecule has 2 aromatic carbocycles. The van der Waals surface area contributed by atoms with Crippen LogP contribution in [-0.4, -0.2) is 15.8 Å². The Morgan fingerprint density at radius 1 is 0.812 bits per heavy atom. The highest BCUT2D eigenvalue weighted by Crippen LogP contribution is 2.30. The number of aromatic nitrogens is 2. The first-order valence-corrected chi connectivity index (χ1v) is 10.9. The number of nitrogens with zero attached hydrogens (tertiary/aromatic N) is 2. The summed E-state index contributed by atoms with van der Waals surface area (Å²) in [5.74, 6) is 0.966. The zero-order valence-corrected chi connectivity index (χ0v) is 18.3. The summed E-state index contributed by atoms with van der Waals surface area (Å²) >= 11 is 6.35. The van der Waals surface area contributed by atoms with Gasteiger partial charge in [0, 0.05) is 43.2 Å². The van der Waals surface area contributed by atoms with Gasteiger partial charge in [0.1, 0.15) is 18.1 Å².